The fourth-order valence-electron chi connectivity index (χ4n) is 2.52. The van der Waals surface area contributed by atoms with Crippen LogP contribution in [0.4, 0.5) is 0 Å². The van der Waals surface area contributed by atoms with Gasteiger partial charge in [-0.25, -0.2) is 0 Å². The number of hydrogen-bond acceptors (Lipinski definition) is 2. The zero-order valence-corrected chi connectivity index (χ0v) is 11.3. The number of carboxylic acid groups (broad SMARTS) is 1. The van der Waals surface area contributed by atoms with E-state index in [0.717, 1.165) is 32.1 Å². The smallest absolute Gasteiger partial charge is 0.309 e. The summed E-state index contributed by atoms with van der Waals surface area (Å²) in [6.45, 7) is 7.29. The summed E-state index contributed by atoms with van der Waals surface area (Å²) in [6, 6.07) is 0. The quantitative estimate of drug-likeness (QED) is 0.727. The van der Waals surface area contributed by atoms with Crippen LogP contribution >= 0.6 is 0 Å². The third-order valence-corrected chi connectivity index (χ3v) is 3.63. The van der Waals surface area contributed by atoms with Gasteiger partial charge in [0, 0.05) is 6.61 Å². The van der Waals surface area contributed by atoms with Gasteiger partial charge in [-0.3, -0.25) is 4.79 Å². The Morgan fingerprint density at radius 3 is 2.71 bits per heavy atom. The summed E-state index contributed by atoms with van der Waals surface area (Å²) in [5.74, 6) is 0.316. The van der Waals surface area contributed by atoms with E-state index >= 15 is 0 Å². The van der Waals surface area contributed by atoms with Crippen LogP contribution in [0.5, 0.6) is 0 Å². The minimum absolute atomic E-state index is 0.0663. The molecule has 0 bridgehead atoms. The second-order valence-electron chi connectivity index (χ2n) is 5.81. The van der Waals surface area contributed by atoms with Crippen molar-refractivity contribution in [1.29, 1.82) is 0 Å². The average molecular weight is 242 g/mol. The molecule has 0 aliphatic heterocycles. The van der Waals surface area contributed by atoms with Crippen LogP contribution in [0.2, 0.25) is 0 Å². The largest absolute Gasteiger partial charge is 0.481 e. The summed E-state index contributed by atoms with van der Waals surface area (Å²) in [6.07, 6.45) is 4.81. The van der Waals surface area contributed by atoms with Crippen LogP contribution < -0.4 is 0 Å². The highest BCUT2D eigenvalue weighted by atomic mass is 16.5. The normalized spacial score (nSPS) is 29.5. The Labute approximate surface area is 105 Å². The van der Waals surface area contributed by atoms with E-state index in [1.807, 2.05) is 0 Å². The van der Waals surface area contributed by atoms with Crippen molar-refractivity contribution in [3.8, 4) is 0 Å². The molecule has 0 aromatic heterocycles. The molecule has 17 heavy (non-hydrogen) atoms. The molecule has 3 atom stereocenters. The van der Waals surface area contributed by atoms with E-state index in [4.69, 9.17) is 9.84 Å². The Bertz CT molecular complexity index is 238. The lowest BCUT2D eigenvalue weighted by Gasteiger charge is -2.32. The molecular weight excluding hydrogens is 216 g/mol. The average Bonchev–Trinajstić information content (AvgIpc) is 2.23. The molecule has 0 aromatic carbocycles. The van der Waals surface area contributed by atoms with Crippen LogP contribution in [0.1, 0.15) is 52.9 Å². The summed E-state index contributed by atoms with van der Waals surface area (Å²) in [5, 5.41) is 9.16. The molecule has 1 aliphatic rings. The third-order valence-electron chi connectivity index (χ3n) is 3.63. The molecule has 3 unspecified atom stereocenters. The minimum Gasteiger partial charge on any atom is -0.481 e. The van der Waals surface area contributed by atoms with Gasteiger partial charge >= 0.3 is 5.97 Å². The molecule has 1 aliphatic carbocycles. The molecule has 100 valence electrons. The van der Waals surface area contributed by atoms with Crippen molar-refractivity contribution in [3.05, 3.63) is 0 Å². The van der Waals surface area contributed by atoms with Crippen LogP contribution in [-0.2, 0) is 9.53 Å². The van der Waals surface area contributed by atoms with Crippen LogP contribution in [0.3, 0.4) is 0 Å². The Morgan fingerprint density at radius 2 is 2.12 bits per heavy atom. The lowest BCUT2D eigenvalue weighted by Crippen LogP contribution is -2.36. The molecule has 3 nitrogen and oxygen atoms in total. The summed E-state index contributed by atoms with van der Waals surface area (Å²) in [4.78, 5) is 11.1. The van der Waals surface area contributed by atoms with E-state index in [-0.39, 0.29) is 12.0 Å². The van der Waals surface area contributed by atoms with Gasteiger partial charge in [-0.05, 0) is 43.9 Å². The Balaban J connectivity index is 2.33. The summed E-state index contributed by atoms with van der Waals surface area (Å²) in [7, 11) is 0. The molecule has 0 heterocycles. The maximum absolute atomic E-state index is 11.1. The van der Waals surface area contributed by atoms with Crippen LogP contribution in [0, 0.1) is 17.8 Å². The van der Waals surface area contributed by atoms with Gasteiger partial charge in [0.25, 0.3) is 0 Å². The molecule has 0 amide bonds. The van der Waals surface area contributed by atoms with Crippen molar-refractivity contribution < 1.29 is 14.6 Å². The number of carbonyl (C=O) groups is 1. The Hall–Kier alpha value is -0.570. The van der Waals surface area contributed by atoms with Crippen molar-refractivity contribution in [1.82, 2.24) is 0 Å². The van der Waals surface area contributed by atoms with Crippen molar-refractivity contribution >= 4 is 5.97 Å². The maximum atomic E-state index is 11.1. The maximum Gasteiger partial charge on any atom is 0.309 e. The van der Waals surface area contributed by atoms with E-state index in [1.165, 1.54) is 0 Å². The molecule has 0 aromatic rings. The van der Waals surface area contributed by atoms with Crippen LogP contribution in [0.25, 0.3) is 0 Å². The molecule has 0 saturated heterocycles. The summed E-state index contributed by atoms with van der Waals surface area (Å²) >= 11 is 0. The highest BCUT2D eigenvalue weighted by Crippen LogP contribution is 2.31. The molecular formula is C14H26O3. The second-order valence-corrected chi connectivity index (χ2v) is 5.81. The topological polar surface area (TPSA) is 46.5 Å². The number of aliphatic carboxylic acids is 1. The van der Waals surface area contributed by atoms with E-state index in [2.05, 4.69) is 20.8 Å². The first-order chi connectivity index (χ1) is 8.00. The number of ether oxygens (including phenoxy) is 1. The van der Waals surface area contributed by atoms with Crippen molar-refractivity contribution in [2.45, 2.75) is 59.0 Å². The highest BCUT2D eigenvalue weighted by Gasteiger charge is 2.34. The standard InChI is InChI=1S/C14H26O3/c1-10(2)5-4-8-17-13-9-11(3)6-7-12(13)14(15)16/h10-13H,4-9H2,1-3H3,(H,15,16). The van der Waals surface area contributed by atoms with Gasteiger partial charge in [0.05, 0.1) is 12.0 Å². The van der Waals surface area contributed by atoms with Crippen molar-refractivity contribution in [3.63, 3.8) is 0 Å². The molecule has 0 spiro atoms. The molecule has 3 heteroatoms. The lowest BCUT2D eigenvalue weighted by atomic mass is 9.80. The molecule has 1 saturated carbocycles. The van der Waals surface area contributed by atoms with Gasteiger partial charge in [-0.15, -0.1) is 0 Å². The molecule has 1 rings (SSSR count). The Kier molecular flexibility index (Phi) is 5.96. The summed E-state index contributed by atoms with van der Waals surface area (Å²) < 4.78 is 5.80. The second kappa shape index (κ2) is 7.00. The van der Waals surface area contributed by atoms with E-state index in [0.29, 0.717) is 18.4 Å². The minimum atomic E-state index is -0.689. The number of carboxylic acids is 1. The Morgan fingerprint density at radius 1 is 1.41 bits per heavy atom. The van der Waals surface area contributed by atoms with Gasteiger partial charge in [-0.1, -0.05) is 20.8 Å². The fraction of sp³-hybridized carbons (Fsp3) is 0.929. The first-order valence-electron chi connectivity index (χ1n) is 6.85. The van der Waals surface area contributed by atoms with Gasteiger partial charge in [0.1, 0.15) is 0 Å². The van der Waals surface area contributed by atoms with E-state index in [1.54, 1.807) is 0 Å². The molecule has 0 radical (unpaired) electrons. The van der Waals surface area contributed by atoms with Crippen LogP contribution in [-0.4, -0.2) is 23.8 Å². The number of rotatable bonds is 6. The highest BCUT2D eigenvalue weighted by molar-refractivity contribution is 5.70. The fourth-order valence-corrected chi connectivity index (χ4v) is 2.52. The first kappa shape index (κ1) is 14.5. The number of hydrogen-bond donors (Lipinski definition) is 1. The SMILES string of the molecule is CC(C)CCCOC1CC(C)CCC1C(=O)O. The van der Waals surface area contributed by atoms with Crippen molar-refractivity contribution in [2.24, 2.45) is 17.8 Å². The molecule has 1 N–H and O–H groups in total. The van der Waals surface area contributed by atoms with E-state index < -0.39 is 5.97 Å². The van der Waals surface area contributed by atoms with Gasteiger partial charge in [-0.2, -0.15) is 0 Å². The summed E-state index contributed by atoms with van der Waals surface area (Å²) in [5.41, 5.74) is 0. The molecule has 1 fully saturated rings. The third kappa shape index (κ3) is 5.07. The van der Waals surface area contributed by atoms with Gasteiger partial charge in [0.2, 0.25) is 0 Å². The predicted molar refractivity (Wildman–Crippen MR) is 68.0 cm³/mol. The zero-order valence-electron chi connectivity index (χ0n) is 11.3. The monoisotopic (exact) mass is 242 g/mol. The lowest BCUT2D eigenvalue weighted by molar-refractivity contribution is -0.150. The van der Waals surface area contributed by atoms with E-state index in [9.17, 15) is 4.79 Å². The zero-order chi connectivity index (χ0) is 12.8. The van der Waals surface area contributed by atoms with Gasteiger partial charge in [0.15, 0.2) is 0 Å². The van der Waals surface area contributed by atoms with Crippen molar-refractivity contribution in [2.75, 3.05) is 6.61 Å². The predicted octanol–water partition coefficient (Wildman–Crippen LogP) is 3.33. The van der Waals surface area contributed by atoms with Crippen LogP contribution in [0.15, 0.2) is 0 Å². The first-order valence-corrected chi connectivity index (χ1v) is 6.85. The van der Waals surface area contributed by atoms with Gasteiger partial charge < -0.3 is 9.84 Å².